The Morgan fingerprint density at radius 1 is 1.20 bits per heavy atom. The average Bonchev–Trinajstić information content (AvgIpc) is 3.14. The first-order valence-electron chi connectivity index (χ1n) is 10.4. The maximum Gasteiger partial charge on any atom is 0.263 e. The van der Waals surface area contributed by atoms with Crippen molar-refractivity contribution >= 4 is 22.8 Å². The summed E-state index contributed by atoms with van der Waals surface area (Å²) in [7, 11) is 0. The number of nitrogens with one attached hydrogen (secondary N) is 2. The summed E-state index contributed by atoms with van der Waals surface area (Å²) in [5.74, 6) is 1.52. The summed E-state index contributed by atoms with van der Waals surface area (Å²) in [5, 5.41) is 8.23. The summed E-state index contributed by atoms with van der Waals surface area (Å²) >= 11 is 0. The highest BCUT2D eigenvalue weighted by molar-refractivity contribution is 5.74. The molecule has 3 aromatic heterocycles. The van der Waals surface area contributed by atoms with E-state index >= 15 is 0 Å². The lowest BCUT2D eigenvalue weighted by Gasteiger charge is -2.36. The lowest BCUT2D eigenvalue weighted by atomic mass is 10.1. The molecule has 0 spiro atoms. The van der Waals surface area contributed by atoms with Crippen molar-refractivity contribution in [3.8, 4) is 0 Å². The second kappa shape index (κ2) is 8.06. The molecule has 1 aliphatic rings. The van der Waals surface area contributed by atoms with Crippen LogP contribution < -0.4 is 15.8 Å². The van der Waals surface area contributed by atoms with E-state index in [1.165, 1.54) is 0 Å². The molecule has 0 bridgehead atoms. The van der Waals surface area contributed by atoms with Gasteiger partial charge in [0.2, 0.25) is 5.95 Å². The van der Waals surface area contributed by atoms with Crippen molar-refractivity contribution < 1.29 is 0 Å². The molecule has 0 amide bonds. The minimum atomic E-state index is -0.251. The van der Waals surface area contributed by atoms with Crippen molar-refractivity contribution in [3.05, 3.63) is 40.9 Å². The molecule has 9 heteroatoms. The molecule has 1 fully saturated rings. The quantitative estimate of drug-likeness (QED) is 0.663. The van der Waals surface area contributed by atoms with Gasteiger partial charge in [0, 0.05) is 45.0 Å². The number of nitrogens with zero attached hydrogens (tertiary/aromatic N) is 6. The Morgan fingerprint density at radius 2 is 1.97 bits per heavy atom. The van der Waals surface area contributed by atoms with Gasteiger partial charge in [0.1, 0.15) is 11.2 Å². The molecule has 30 heavy (non-hydrogen) atoms. The zero-order chi connectivity index (χ0) is 21.3. The van der Waals surface area contributed by atoms with E-state index in [-0.39, 0.29) is 17.1 Å². The molecule has 0 saturated carbocycles. The minimum absolute atomic E-state index is 0.137. The number of aromatic nitrogens is 5. The Balaban J connectivity index is 1.39. The Morgan fingerprint density at radius 3 is 2.63 bits per heavy atom. The largest absolute Gasteiger partial charge is 0.354 e. The average molecular weight is 411 g/mol. The molecule has 1 atom stereocenters. The van der Waals surface area contributed by atoms with Gasteiger partial charge in [0.05, 0.1) is 11.7 Å². The van der Waals surface area contributed by atoms with Crippen LogP contribution in [0.15, 0.2) is 35.4 Å². The number of piperazine rings is 1. The van der Waals surface area contributed by atoms with E-state index in [1.54, 1.807) is 10.9 Å². The summed E-state index contributed by atoms with van der Waals surface area (Å²) in [6, 6.07) is 6.16. The molecule has 2 N–H and O–H groups in total. The molecular weight excluding hydrogens is 380 g/mol. The summed E-state index contributed by atoms with van der Waals surface area (Å²) in [6.07, 6.45) is 3.42. The fraction of sp³-hybridized carbons (Fsp3) is 0.524. The molecule has 3 aromatic rings. The molecule has 0 aromatic carbocycles. The van der Waals surface area contributed by atoms with Gasteiger partial charge in [0.15, 0.2) is 5.65 Å². The maximum absolute atomic E-state index is 12.5. The first-order valence-corrected chi connectivity index (χ1v) is 10.4. The number of hydrogen-bond donors (Lipinski definition) is 2. The van der Waals surface area contributed by atoms with E-state index in [0.29, 0.717) is 17.0 Å². The number of aromatic amines is 1. The van der Waals surface area contributed by atoms with E-state index in [4.69, 9.17) is 0 Å². The van der Waals surface area contributed by atoms with Gasteiger partial charge in [-0.3, -0.25) is 14.7 Å². The topological polar surface area (TPSA) is 95.0 Å². The van der Waals surface area contributed by atoms with Gasteiger partial charge in [-0.1, -0.05) is 6.07 Å². The molecule has 1 aliphatic heterocycles. The zero-order valence-electron chi connectivity index (χ0n) is 18.1. The monoisotopic (exact) mass is 410 g/mol. The lowest BCUT2D eigenvalue weighted by Crippen LogP contribution is -2.49. The van der Waals surface area contributed by atoms with Crippen LogP contribution in [-0.2, 0) is 5.54 Å². The SMILES string of the molecule is CC(CN1CCN(c2ccccn2)CC1)Nc1nc2c(cnn2C(C)(C)C)c(=O)[nH]1. The fourth-order valence-corrected chi connectivity index (χ4v) is 3.84. The van der Waals surface area contributed by atoms with Crippen LogP contribution in [0, 0.1) is 0 Å². The number of pyridine rings is 1. The van der Waals surface area contributed by atoms with Crippen LogP contribution in [0.5, 0.6) is 0 Å². The van der Waals surface area contributed by atoms with Crippen LogP contribution in [-0.4, -0.2) is 68.4 Å². The Hall–Kier alpha value is -2.94. The van der Waals surface area contributed by atoms with Crippen LogP contribution in [0.25, 0.3) is 11.0 Å². The van der Waals surface area contributed by atoms with Crippen LogP contribution in [0.3, 0.4) is 0 Å². The summed E-state index contributed by atoms with van der Waals surface area (Å²) < 4.78 is 1.80. The third-order valence-electron chi connectivity index (χ3n) is 5.33. The number of fused-ring (bicyclic) bond motifs is 1. The predicted octanol–water partition coefficient (Wildman–Crippen LogP) is 1.89. The first-order chi connectivity index (χ1) is 14.3. The third kappa shape index (κ3) is 4.30. The molecule has 160 valence electrons. The summed E-state index contributed by atoms with van der Waals surface area (Å²) in [6.45, 7) is 13.0. The number of H-pyrrole nitrogens is 1. The van der Waals surface area contributed by atoms with E-state index in [0.717, 1.165) is 38.5 Å². The van der Waals surface area contributed by atoms with Gasteiger partial charge < -0.3 is 10.2 Å². The van der Waals surface area contributed by atoms with Gasteiger partial charge in [0.25, 0.3) is 5.56 Å². The van der Waals surface area contributed by atoms with Crippen molar-refractivity contribution in [1.29, 1.82) is 0 Å². The highest BCUT2D eigenvalue weighted by Gasteiger charge is 2.22. The second-order valence-electron chi connectivity index (χ2n) is 8.90. The van der Waals surface area contributed by atoms with Gasteiger partial charge in [-0.05, 0) is 39.8 Å². The van der Waals surface area contributed by atoms with Crippen molar-refractivity contribution in [1.82, 2.24) is 29.6 Å². The summed E-state index contributed by atoms with van der Waals surface area (Å²) in [4.78, 5) is 29.1. The molecule has 9 nitrogen and oxygen atoms in total. The number of rotatable bonds is 5. The van der Waals surface area contributed by atoms with Crippen LogP contribution in [0.4, 0.5) is 11.8 Å². The number of anilines is 2. The molecule has 0 radical (unpaired) electrons. The summed E-state index contributed by atoms with van der Waals surface area (Å²) in [5.41, 5.74) is 0.178. The Labute approximate surface area is 176 Å². The smallest absolute Gasteiger partial charge is 0.263 e. The maximum atomic E-state index is 12.5. The van der Waals surface area contributed by atoms with Gasteiger partial charge >= 0.3 is 0 Å². The minimum Gasteiger partial charge on any atom is -0.354 e. The third-order valence-corrected chi connectivity index (χ3v) is 5.33. The van der Waals surface area contributed by atoms with Crippen molar-refractivity contribution in [2.45, 2.75) is 39.3 Å². The molecule has 4 rings (SSSR count). The van der Waals surface area contributed by atoms with E-state index in [2.05, 4.69) is 48.2 Å². The van der Waals surface area contributed by atoms with E-state index in [9.17, 15) is 4.79 Å². The van der Waals surface area contributed by atoms with Crippen molar-refractivity contribution in [2.75, 3.05) is 42.9 Å². The van der Waals surface area contributed by atoms with E-state index in [1.807, 2.05) is 39.1 Å². The number of hydrogen-bond acceptors (Lipinski definition) is 7. The van der Waals surface area contributed by atoms with Gasteiger partial charge in [-0.15, -0.1) is 0 Å². The van der Waals surface area contributed by atoms with Crippen LogP contribution in [0.1, 0.15) is 27.7 Å². The van der Waals surface area contributed by atoms with Crippen molar-refractivity contribution in [2.24, 2.45) is 0 Å². The molecule has 0 aliphatic carbocycles. The molecule has 1 unspecified atom stereocenters. The van der Waals surface area contributed by atoms with Gasteiger partial charge in [-0.25, -0.2) is 9.67 Å². The molecule has 1 saturated heterocycles. The molecular formula is C21H30N8O. The zero-order valence-corrected chi connectivity index (χ0v) is 18.1. The van der Waals surface area contributed by atoms with Gasteiger partial charge in [-0.2, -0.15) is 10.1 Å². The highest BCUT2D eigenvalue weighted by atomic mass is 16.1. The van der Waals surface area contributed by atoms with Crippen molar-refractivity contribution in [3.63, 3.8) is 0 Å². The predicted molar refractivity (Wildman–Crippen MR) is 119 cm³/mol. The normalized spacial score (nSPS) is 16.7. The van der Waals surface area contributed by atoms with Crippen LogP contribution >= 0.6 is 0 Å². The molecule has 4 heterocycles. The van der Waals surface area contributed by atoms with E-state index < -0.39 is 0 Å². The Bertz CT molecular complexity index is 1040. The lowest BCUT2D eigenvalue weighted by molar-refractivity contribution is 0.250. The van der Waals surface area contributed by atoms with Crippen LogP contribution in [0.2, 0.25) is 0 Å². The second-order valence-corrected chi connectivity index (χ2v) is 8.90. The highest BCUT2D eigenvalue weighted by Crippen LogP contribution is 2.19. The standard InChI is InChI=1S/C21H30N8O/c1-15(14-27-9-11-28(12-10-27)17-7-5-6-8-22-17)24-20-25-18-16(19(30)26-20)13-23-29(18)21(2,3)4/h5-8,13,15H,9-12,14H2,1-4H3,(H2,24,25,26,30). The fourth-order valence-electron chi connectivity index (χ4n) is 3.84. The Kier molecular flexibility index (Phi) is 5.46. The first kappa shape index (κ1) is 20.3.